The van der Waals surface area contributed by atoms with Crippen LogP contribution in [0.4, 0.5) is 74.6 Å². The third-order valence-electron chi connectivity index (χ3n) is 11.5. The van der Waals surface area contributed by atoms with E-state index in [-0.39, 0.29) is 18.0 Å². The fourth-order valence-electron chi connectivity index (χ4n) is 7.83. The van der Waals surface area contributed by atoms with E-state index in [0.717, 1.165) is 40.3 Å². The lowest BCUT2D eigenvalue weighted by molar-refractivity contribution is -0.461. The molecule has 1 aromatic carbocycles. The van der Waals surface area contributed by atoms with Crippen LogP contribution in [-0.4, -0.2) is 64.3 Å². The smallest absolute Gasteiger partial charge is 0.278 e. The molecule has 20 heteroatoms. The van der Waals surface area contributed by atoms with E-state index in [1.54, 1.807) is 0 Å². The van der Waals surface area contributed by atoms with Gasteiger partial charge in [0.1, 0.15) is 0 Å². The van der Waals surface area contributed by atoms with Crippen molar-refractivity contribution in [3.63, 3.8) is 0 Å². The molecule has 2 fully saturated rings. The van der Waals surface area contributed by atoms with E-state index in [1.807, 2.05) is 34.6 Å². The monoisotopic (exact) mass is 769 g/mol. The van der Waals surface area contributed by atoms with E-state index in [4.69, 9.17) is 0 Å². The highest BCUT2D eigenvalue weighted by atomic mass is 19.4. The van der Waals surface area contributed by atoms with Crippen molar-refractivity contribution in [2.24, 2.45) is 28.6 Å². The number of amides is 2. The molecule has 1 unspecified atom stereocenters. The van der Waals surface area contributed by atoms with E-state index in [2.05, 4.69) is 0 Å². The number of likely N-dealkylation sites (tertiary alicyclic amines) is 1. The maximum Gasteiger partial charge on any atom is 0.460 e. The topological polar surface area (TPSA) is 37.4 Å². The molecule has 0 aromatic heterocycles. The largest absolute Gasteiger partial charge is 0.460 e. The molecule has 5 atom stereocenters. The maximum absolute atomic E-state index is 14.4. The normalized spacial score (nSPS) is 28.4. The van der Waals surface area contributed by atoms with Gasteiger partial charge in [0.05, 0.1) is 18.4 Å². The van der Waals surface area contributed by atoms with Crippen LogP contribution in [0, 0.1) is 28.6 Å². The molecule has 1 saturated heterocycles. The molecular weight excluding hydrogens is 741 g/mol. The molecule has 51 heavy (non-hydrogen) atoms. The van der Waals surface area contributed by atoms with Gasteiger partial charge >= 0.3 is 47.6 Å². The molecule has 1 heterocycles. The predicted molar refractivity (Wildman–Crippen MR) is 142 cm³/mol. The van der Waals surface area contributed by atoms with Crippen molar-refractivity contribution in [1.82, 2.24) is 4.90 Å². The fourth-order valence-corrected chi connectivity index (χ4v) is 7.83. The zero-order chi connectivity index (χ0) is 39.7. The fraction of sp³-hybridized carbons (Fsp3) is 0.677. The SMILES string of the molecule is CC1=C(C)[C@]2(C)C(C)[C@@]1(C)[C@@H]1C(=O)N(Cc3ccc(CCC(F)(F)C(F)(F)C(F)(F)C(F)(F)C(F)(F)C(F)(F)C(F)(F)C(F)(F)F)cc3)C(=O)[C@@H]12. The Bertz CT molecular complexity index is 1590. The van der Waals surface area contributed by atoms with E-state index >= 15 is 0 Å². The van der Waals surface area contributed by atoms with Gasteiger partial charge in [0, 0.05) is 17.3 Å². The van der Waals surface area contributed by atoms with Gasteiger partial charge in [-0.05, 0) is 37.3 Å². The Balaban J connectivity index is 1.50. The molecule has 1 saturated carbocycles. The number of hydrogen-bond donors (Lipinski definition) is 0. The minimum absolute atomic E-state index is 0.0532. The van der Waals surface area contributed by atoms with Gasteiger partial charge in [0.15, 0.2) is 0 Å². The number of allylic oxidation sites excluding steroid dienone is 2. The van der Waals surface area contributed by atoms with Gasteiger partial charge in [0.2, 0.25) is 11.8 Å². The summed E-state index contributed by atoms with van der Waals surface area (Å²) in [6.07, 6.45) is -11.8. The van der Waals surface area contributed by atoms with Crippen molar-refractivity contribution in [2.45, 2.75) is 102 Å². The number of aryl methyl sites for hydroxylation is 1. The van der Waals surface area contributed by atoms with Crippen molar-refractivity contribution >= 4 is 11.8 Å². The molecule has 3 aliphatic rings. The number of carbonyl (C=O) groups excluding carboxylic acids is 2. The Morgan fingerprint density at radius 1 is 0.569 bits per heavy atom. The van der Waals surface area contributed by atoms with E-state index in [0.29, 0.717) is 0 Å². The second kappa shape index (κ2) is 11.2. The first-order chi connectivity index (χ1) is 22.6. The molecule has 3 nitrogen and oxygen atoms in total. The molecule has 4 rings (SSSR count). The molecule has 1 aromatic rings. The van der Waals surface area contributed by atoms with Crippen LogP contribution in [0.3, 0.4) is 0 Å². The maximum atomic E-state index is 14.4. The van der Waals surface area contributed by atoms with Crippen LogP contribution < -0.4 is 0 Å². The first-order valence-electron chi connectivity index (χ1n) is 14.9. The molecule has 0 radical (unpaired) electrons. The highest BCUT2D eigenvalue weighted by molar-refractivity contribution is 6.07. The number of rotatable bonds is 11. The molecule has 2 amide bonds. The van der Waals surface area contributed by atoms with Crippen LogP contribution in [0.2, 0.25) is 0 Å². The number of nitrogens with zero attached hydrogens (tertiary/aromatic N) is 1. The zero-order valence-electron chi connectivity index (χ0n) is 26.9. The van der Waals surface area contributed by atoms with Gasteiger partial charge in [0.25, 0.3) is 0 Å². The number of halogens is 17. The highest BCUT2D eigenvalue weighted by Crippen LogP contribution is 2.74. The number of carbonyl (C=O) groups is 2. The minimum Gasteiger partial charge on any atom is -0.278 e. The highest BCUT2D eigenvalue weighted by Gasteiger charge is 2.95. The number of hydrogen-bond acceptors (Lipinski definition) is 2. The van der Waals surface area contributed by atoms with Crippen LogP contribution in [0.5, 0.6) is 0 Å². The van der Waals surface area contributed by atoms with Gasteiger partial charge in [-0.25, -0.2) is 0 Å². The van der Waals surface area contributed by atoms with Gasteiger partial charge in [-0.1, -0.05) is 56.2 Å². The summed E-state index contributed by atoms with van der Waals surface area (Å²) in [6, 6.07) is 4.00. The van der Waals surface area contributed by atoms with E-state index in [9.17, 15) is 84.2 Å². The third kappa shape index (κ3) is 4.83. The minimum atomic E-state index is -8.67. The van der Waals surface area contributed by atoms with Crippen molar-refractivity contribution in [2.75, 3.05) is 0 Å². The molecule has 0 spiro atoms. The number of imide groups is 1. The number of alkyl halides is 17. The molecule has 2 aliphatic carbocycles. The number of benzene rings is 1. The summed E-state index contributed by atoms with van der Waals surface area (Å²) in [7, 11) is 0. The number of fused-ring (bicyclic) bond motifs is 5. The van der Waals surface area contributed by atoms with Crippen molar-refractivity contribution < 1.29 is 84.2 Å². The summed E-state index contributed by atoms with van der Waals surface area (Å²) >= 11 is 0. The Kier molecular flexibility index (Phi) is 8.94. The molecule has 288 valence electrons. The molecular formula is C31H28F17NO2. The second-order valence-electron chi connectivity index (χ2n) is 13.7. The lowest BCUT2D eigenvalue weighted by atomic mass is 9.66. The zero-order valence-corrected chi connectivity index (χ0v) is 26.9. The lowest BCUT2D eigenvalue weighted by Gasteiger charge is -2.42. The van der Waals surface area contributed by atoms with Crippen LogP contribution >= 0.6 is 0 Å². The van der Waals surface area contributed by atoms with Crippen molar-refractivity contribution in [3.8, 4) is 0 Å². The summed E-state index contributed by atoms with van der Waals surface area (Å²) in [6.45, 7) is 9.14. The first kappa shape index (κ1) is 40.7. The molecule has 0 N–H and O–H groups in total. The Hall–Kier alpha value is -3.09. The first-order valence-corrected chi connectivity index (χ1v) is 14.9. The predicted octanol–water partition coefficient (Wildman–Crippen LogP) is 9.74. The van der Waals surface area contributed by atoms with E-state index in [1.165, 1.54) is 0 Å². The van der Waals surface area contributed by atoms with Crippen LogP contribution in [0.25, 0.3) is 0 Å². The summed E-state index contributed by atoms with van der Waals surface area (Å²) in [5.74, 6) is -59.0. The Labute approximate surface area is 278 Å². The Morgan fingerprint density at radius 2 is 0.902 bits per heavy atom. The van der Waals surface area contributed by atoms with Crippen LogP contribution in [-0.2, 0) is 22.6 Å². The second-order valence-corrected chi connectivity index (χ2v) is 13.7. The van der Waals surface area contributed by atoms with Crippen LogP contribution in [0.15, 0.2) is 35.4 Å². The molecule has 1 aliphatic heterocycles. The average Bonchev–Trinajstić information content (AvgIpc) is 3.41. The summed E-state index contributed by atoms with van der Waals surface area (Å²) in [5.41, 5.74) is 0.444. The average molecular weight is 770 g/mol. The van der Waals surface area contributed by atoms with Crippen molar-refractivity contribution in [3.05, 3.63) is 46.5 Å². The summed E-state index contributed by atoms with van der Waals surface area (Å²) in [4.78, 5) is 28.0. The summed E-state index contributed by atoms with van der Waals surface area (Å²) in [5, 5.41) is 0. The van der Waals surface area contributed by atoms with Crippen molar-refractivity contribution in [1.29, 1.82) is 0 Å². The Morgan fingerprint density at radius 3 is 1.27 bits per heavy atom. The molecule has 2 bridgehead atoms. The standard InChI is InChI=1S/C31H28F17NO2/c1-13-14(2)23(5)15(3)22(13,4)18-19(23)21(51)49(20(18)50)12-17-8-6-16(7-9-17)10-11-24(32,33)25(34,35)26(36,37)27(38,39)28(40,41)29(42,43)30(44,45)31(46,47)48/h6-9,15,18-19H,10-12H2,1-5H3/t15?,18-,19+,22-,23+. The van der Waals surface area contributed by atoms with Gasteiger partial charge < -0.3 is 0 Å². The van der Waals surface area contributed by atoms with Gasteiger partial charge in [-0.15, -0.1) is 0 Å². The van der Waals surface area contributed by atoms with Gasteiger partial charge in [-0.3, -0.25) is 14.5 Å². The summed E-state index contributed by atoms with van der Waals surface area (Å²) < 4.78 is 230. The quantitative estimate of drug-likeness (QED) is 0.128. The van der Waals surface area contributed by atoms with Crippen LogP contribution in [0.1, 0.15) is 52.2 Å². The third-order valence-corrected chi connectivity index (χ3v) is 11.5. The van der Waals surface area contributed by atoms with Gasteiger partial charge in [-0.2, -0.15) is 74.6 Å². The van der Waals surface area contributed by atoms with E-state index < -0.39 is 101 Å². The lowest BCUT2D eigenvalue weighted by Crippen LogP contribution is -2.74.